The largest absolute Gasteiger partial charge is 0.493 e. The standard InChI is InChI=1S/C46H60O2S3/c1-15-47-33-29-37(41(3,4)31-23-19-17-20-24-31)50-39(33)45(11,12)43(7,8)35-27-28-36(49-35)44(9,10)46(13,14)40-34(48-16-2)30-38(51-40)42(5,6)32-25-21-18-22-26-32/h17-30H,15-16H2,1-14H3. The SMILES string of the molecule is CCOc1cc(C(C)(C)c2ccccc2)sc1C(C)(C)C(C)(C)c1ccc(C(C)(C)C(C)(C)c2sc(C(C)(C)c3ccccc3)cc2OCC)s1. The van der Waals surface area contributed by atoms with Gasteiger partial charge in [-0.3, -0.25) is 0 Å². The van der Waals surface area contributed by atoms with E-state index < -0.39 is 0 Å². The quantitative estimate of drug-likeness (QED) is 0.113. The third-order valence-electron chi connectivity index (χ3n) is 12.3. The van der Waals surface area contributed by atoms with Gasteiger partial charge in [0.2, 0.25) is 0 Å². The fourth-order valence-electron chi connectivity index (χ4n) is 6.95. The molecule has 5 aromatic rings. The highest BCUT2D eigenvalue weighted by Crippen LogP contribution is 2.57. The van der Waals surface area contributed by atoms with E-state index in [0.717, 1.165) is 11.5 Å². The molecular weight excluding hydrogens is 681 g/mol. The maximum Gasteiger partial charge on any atom is 0.134 e. The predicted molar refractivity (Wildman–Crippen MR) is 225 cm³/mol. The van der Waals surface area contributed by atoms with Crippen molar-refractivity contribution in [2.45, 2.75) is 129 Å². The molecule has 0 aliphatic carbocycles. The lowest BCUT2D eigenvalue weighted by Gasteiger charge is -2.42. The van der Waals surface area contributed by atoms with E-state index in [0.29, 0.717) is 13.2 Å². The summed E-state index contributed by atoms with van der Waals surface area (Å²) in [5.41, 5.74) is 1.69. The molecule has 0 N–H and O–H groups in total. The van der Waals surface area contributed by atoms with Crippen LogP contribution in [-0.4, -0.2) is 13.2 Å². The van der Waals surface area contributed by atoms with Crippen molar-refractivity contribution in [3.8, 4) is 11.5 Å². The summed E-state index contributed by atoms with van der Waals surface area (Å²) in [6, 6.07) is 31.1. The maximum absolute atomic E-state index is 6.41. The summed E-state index contributed by atoms with van der Waals surface area (Å²) in [6.45, 7) is 34.1. The van der Waals surface area contributed by atoms with E-state index in [1.54, 1.807) is 0 Å². The van der Waals surface area contributed by atoms with Gasteiger partial charge in [-0.1, -0.05) is 144 Å². The van der Waals surface area contributed by atoms with Crippen molar-refractivity contribution in [3.05, 3.63) is 125 Å². The lowest BCUT2D eigenvalue weighted by Crippen LogP contribution is -2.40. The Labute approximate surface area is 321 Å². The lowest BCUT2D eigenvalue weighted by atomic mass is 9.65. The molecule has 0 radical (unpaired) electrons. The minimum atomic E-state index is -0.192. The van der Waals surface area contributed by atoms with Gasteiger partial charge in [0, 0.05) is 52.0 Å². The normalized spacial score (nSPS) is 13.5. The van der Waals surface area contributed by atoms with Crippen LogP contribution in [0.3, 0.4) is 0 Å². The van der Waals surface area contributed by atoms with Crippen LogP contribution in [0.15, 0.2) is 84.9 Å². The van der Waals surface area contributed by atoms with Crippen LogP contribution in [-0.2, 0) is 32.5 Å². The lowest BCUT2D eigenvalue weighted by molar-refractivity contribution is 0.286. The molecule has 5 rings (SSSR count). The fraction of sp³-hybridized carbons (Fsp3) is 0.478. The summed E-state index contributed by atoms with van der Waals surface area (Å²) in [5.74, 6) is 2.04. The summed E-state index contributed by atoms with van der Waals surface area (Å²) in [5, 5.41) is 0. The van der Waals surface area contributed by atoms with E-state index in [2.05, 4.69) is 182 Å². The van der Waals surface area contributed by atoms with Gasteiger partial charge < -0.3 is 9.47 Å². The maximum atomic E-state index is 6.41. The summed E-state index contributed by atoms with van der Waals surface area (Å²) in [7, 11) is 0. The Bertz CT molecular complexity index is 1770. The van der Waals surface area contributed by atoms with Gasteiger partial charge >= 0.3 is 0 Å². The van der Waals surface area contributed by atoms with Crippen molar-refractivity contribution in [2.75, 3.05) is 13.2 Å². The smallest absolute Gasteiger partial charge is 0.134 e. The second kappa shape index (κ2) is 14.2. The number of hydrogen-bond acceptors (Lipinski definition) is 5. The van der Waals surface area contributed by atoms with E-state index in [1.165, 1.54) is 40.4 Å². The van der Waals surface area contributed by atoms with Crippen molar-refractivity contribution in [2.24, 2.45) is 0 Å². The van der Waals surface area contributed by atoms with Gasteiger partial charge in [0.05, 0.1) is 23.0 Å². The van der Waals surface area contributed by atoms with Crippen LogP contribution in [0.5, 0.6) is 11.5 Å². The van der Waals surface area contributed by atoms with E-state index in [9.17, 15) is 0 Å². The first-order valence-electron chi connectivity index (χ1n) is 18.5. The van der Waals surface area contributed by atoms with E-state index in [4.69, 9.17) is 9.47 Å². The van der Waals surface area contributed by atoms with Crippen molar-refractivity contribution >= 4 is 34.0 Å². The van der Waals surface area contributed by atoms with Crippen LogP contribution < -0.4 is 9.47 Å². The summed E-state index contributed by atoms with van der Waals surface area (Å²) in [6.07, 6.45) is 0. The molecule has 0 bridgehead atoms. The molecule has 0 atom stereocenters. The molecular formula is C46H60O2S3. The Morgan fingerprint density at radius 3 is 1.06 bits per heavy atom. The Kier molecular flexibility index (Phi) is 10.9. The molecule has 0 spiro atoms. The molecule has 0 unspecified atom stereocenters. The minimum Gasteiger partial charge on any atom is -0.493 e. The van der Waals surface area contributed by atoms with E-state index in [1.807, 2.05) is 34.0 Å². The van der Waals surface area contributed by atoms with E-state index in [-0.39, 0.29) is 32.5 Å². The minimum absolute atomic E-state index is 0.125. The summed E-state index contributed by atoms with van der Waals surface area (Å²) >= 11 is 5.81. The van der Waals surface area contributed by atoms with Crippen molar-refractivity contribution in [3.63, 3.8) is 0 Å². The number of ether oxygens (including phenoxy) is 2. The first-order valence-corrected chi connectivity index (χ1v) is 21.0. The van der Waals surface area contributed by atoms with Crippen LogP contribution in [0.25, 0.3) is 0 Å². The van der Waals surface area contributed by atoms with E-state index >= 15 is 0 Å². The highest BCUT2D eigenvalue weighted by molar-refractivity contribution is 7.13. The molecule has 51 heavy (non-hydrogen) atoms. The number of rotatable bonds is 14. The topological polar surface area (TPSA) is 18.5 Å². The second-order valence-corrected chi connectivity index (χ2v) is 20.3. The van der Waals surface area contributed by atoms with Gasteiger partial charge in [-0.2, -0.15) is 0 Å². The van der Waals surface area contributed by atoms with Crippen molar-refractivity contribution in [1.82, 2.24) is 0 Å². The van der Waals surface area contributed by atoms with Gasteiger partial charge in [-0.05, 0) is 49.2 Å². The average molecular weight is 741 g/mol. The molecule has 3 aromatic heterocycles. The number of thiophene rings is 3. The highest BCUT2D eigenvalue weighted by atomic mass is 32.1. The van der Waals surface area contributed by atoms with Gasteiger partial charge in [-0.15, -0.1) is 34.0 Å². The van der Waals surface area contributed by atoms with Crippen LogP contribution in [0.4, 0.5) is 0 Å². The summed E-state index contributed by atoms with van der Waals surface area (Å²) < 4.78 is 12.8. The zero-order valence-electron chi connectivity index (χ0n) is 33.5. The Morgan fingerprint density at radius 2 is 0.745 bits per heavy atom. The van der Waals surface area contributed by atoms with Crippen LogP contribution in [0.2, 0.25) is 0 Å². The monoisotopic (exact) mass is 740 g/mol. The fourth-order valence-corrected chi connectivity index (χ4v) is 11.5. The number of hydrogen-bond donors (Lipinski definition) is 0. The molecule has 0 fully saturated rings. The third-order valence-corrected chi connectivity index (χ3v) is 17.6. The van der Waals surface area contributed by atoms with Crippen molar-refractivity contribution < 1.29 is 9.47 Å². The Balaban J connectivity index is 1.52. The average Bonchev–Trinajstić information content (AvgIpc) is 3.86. The van der Waals surface area contributed by atoms with Gasteiger partial charge in [-0.25, -0.2) is 0 Å². The molecule has 2 aromatic carbocycles. The number of benzene rings is 2. The first-order chi connectivity index (χ1) is 23.7. The highest BCUT2D eigenvalue weighted by Gasteiger charge is 2.48. The zero-order valence-corrected chi connectivity index (χ0v) is 36.0. The first kappa shape index (κ1) is 39.3. The van der Waals surface area contributed by atoms with Gasteiger partial charge in [0.15, 0.2) is 0 Å². The van der Waals surface area contributed by atoms with Gasteiger partial charge in [0.25, 0.3) is 0 Å². The second-order valence-electron chi connectivity index (χ2n) is 17.1. The summed E-state index contributed by atoms with van der Waals surface area (Å²) in [4.78, 5) is 8.09. The molecule has 0 saturated heterocycles. The molecule has 0 aliphatic rings. The molecule has 0 aliphatic heterocycles. The van der Waals surface area contributed by atoms with Crippen LogP contribution >= 0.6 is 34.0 Å². The predicted octanol–water partition coefficient (Wildman–Crippen LogP) is 13.8. The molecule has 3 heterocycles. The van der Waals surface area contributed by atoms with Crippen LogP contribution in [0, 0.1) is 0 Å². The Hall–Kier alpha value is -2.86. The molecule has 0 saturated carbocycles. The molecule has 0 amide bonds. The molecule has 274 valence electrons. The third kappa shape index (κ3) is 6.88. The molecule has 2 nitrogen and oxygen atoms in total. The van der Waals surface area contributed by atoms with Crippen molar-refractivity contribution in [1.29, 1.82) is 0 Å². The van der Waals surface area contributed by atoms with Gasteiger partial charge in [0.1, 0.15) is 11.5 Å². The van der Waals surface area contributed by atoms with Crippen LogP contribution in [0.1, 0.15) is 137 Å². The molecule has 5 heteroatoms. The zero-order chi connectivity index (χ0) is 37.6. The Morgan fingerprint density at radius 1 is 0.412 bits per heavy atom.